The van der Waals surface area contributed by atoms with Gasteiger partial charge in [0.1, 0.15) is 17.1 Å². The van der Waals surface area contributed by atoms with E-state index in [1.54, 1.807) is 36.4 Å². The van der Waals surface area contributed by atoms with Gasteiger partial charge in [-0.15, -0.1) is 0 Å². The van der Waals surface area contributed by atoms with E-state index in [0.717, 1.165) is 11.8 Å². The molecule has 4 aromatic rings. The molecule has 1 aliphatic rings. The molecule has 12 heteroatoms. The number of alkyl halides is 3. The Morgan fingerprint density at radius 2 is 1.70 bits per heavy atom. The zero-order chi connectivity index (χ0) is 28.6. The van der Waals surface area contributed by atoms with Gasteiger partial charge in [-0.25, -0.2) is 13.9 Å². The van der Waals surface area contributed by atoms with Gasteiger partial charge in [0.05, 0.1) is 31.6 Å². The van der Waals surface area contributed by atoms with Crippen molar-refractivity contribution in [3.05, 3.63) is 82.9 Å². The van der Waals surface area contributed by atoms with E-state index in [-0.39, 0.29) is 54.0 Å². The van der Waals surface area contributed by atoms with Crippen LogP contribution in [0.3, 0.4) is 0 Å². The quantitative estimate of drug-likeness (QED) is 0.355. The monoisotopic (exact) mass is 557 g/mol. The number of hydrogen-bond acceptors (Lipinski definition) is 6. The van der Waals surface area contributed by atoms with Crippen molar-refractivity contribution in [2.24, 2.45) is 0 Å². The van der Waals surface area contributed by atoms with E-state index in [1.807, 2.05) is 4.90 Å². The van der Waals surface area contributed by atoms with Crippen LogP contribution in [0.1, 0.15) is 33.2 Å². The Kier molecular flexibility index (Phi) is 7.47. The second-order valence-electron chi connectivity index (χ2n) is 9.53. The van der Waals surface area contributed by atoms with Gasteiger partial charge < -0.3 is 14.7 Å². The zero-order valence-electron chi connectivity index (χ0n) is 21.8. The van der Waals surface area contributed by atoms with Crippen LogP contribution in [-0.4, -0.2) is 75.3 Å². The van der Waals surface area contributed by atoms with Crippen LogP contribution in [0.25, 0.3) is 16.9 Å². The highest BCUT2D eigenvalue weighted by Crippen LogP contribution is 2.37. The van der Waals surface area contributed by atoms with Crippen LogP contribution in [0.4, 0.5) is 17.6 Å². The van der Waals surface area contributed by atoms with Crippen molar-refractivity contribution in [1.29, 1.82) is 0 Å². The third-order valence-electron chi connectivity index (χ3n) is 7.22. The summed E-state index contributed by atoms with van der Waals surface area (Å²) in [5, 5.41) is 13.9. The molecule has 3 heterocycles. The summed E-state index contributed by atoms with van der Waals surface area (Å²) in [6.45, 7) is 2.51. The van der Waals surface area contributed by atoms with Gasteiger partial charge in [0, 0.05) is 37.3 Å². The molecule has 1 N–H and O–H groups in total. The number of carbonyl (C=O) groups is 1. The summed E-state index contributed by atoms with van der Waals surface area (Å²) in [6, 6.07) is 12.0. The molecular weight excluding hydrogens is 530 g/mol. The maximum Gasteiger partial charge on any atom is 0.433 e. The van der Waals surface area contributed by atoms with Crippen LogP contribution < -0.4 is 4.74 Å². The van der Waals surface area contributed by atoms with Crippen molar-refractivity contribution in [1.82, 2.24) is 24.4 Å². The van der Waals surface area contributed by atoms with Crippen LogP contribution in [0.2, 0.25) is 0 Å². The molecule has 5 rings (SSSR count). The number of rotatable bonds is 6. The van der Waals surface area contributed by atoms with E-state index in [9.17, 15) is 27.5 Å². The second kappa shape index (κ2) is 10.9. The Bertz CT molecular complexity index is 1510. The number of hydrogen-bond donors (Lipinski definition) is 1. The van der Waals surface area contributed by atoms with E-state index in [0.29, 0.717) is 28.9 Å². The molecule has 0 spiro atoms. The van der Waals surface area contributed by atoms with E-state index < -0.39 is 17.8 Å². The summed E-state index contributed by atoms with van der Waals surface area (Å²) in [7, 11) is 1.49. The first-order valence-electron chi connectivity index (χ1n) is 12.6. The lowest BCUT2D eigenvalue weighted by atomic mass is 10.0. The summed E-state index contributed by atoms with van der Waals surface area (Å²) in [5.74, 6) is -0.320. The molecule has 1 amide bonds. The van der Waals surface area contributed by atoms with Crippen molar-refractivity contribution in [3.63, 3.8) is 0 Å². The summed E-state index contributed by atoms with van der Waals surface area (Å²) < 4.78 is 61.8. The molecule has 8 nitrogen and oxygen atoms in total. The number of carbonyl (C=O) groups excluding carboxylic acids is 1. The highest BCUT2D eigenvalue weighted by molar-refractivity contribution is 6.00. The number of amides is 1. The highest BCUT2D eigenvalue weighted by atomic mass is 19.4. The molecule has 0 unspecified atom stereocenters. The number of piperazine rings is 1. The minimum atomic E-state index is -4.75. The molecule has 2 aromatic heterocycles. The molecule has 0 radical (unpaired) electrons. The van der Waals surface area contributed by atoms with E-state index in [1.165, 1.54) is 31.1 Å². The minimum absolute atomic E-state index is 0.0362. The fourth-order valence-electron chi connectivity index (χ4n) is 5.11. The number of benzene rings is 2. The van der Waals surface area contributed by atoms with Gasteiger partial charge >= 0.3 is 6.18 Å². The number of halogens is 4. The fraction of sp³-hybridized carbons (Fsp3) is 0.321. The Morgan fingerprint density at radius 1 is 1.05 bits per heavy atom. The molecule has 210 valence electrons. The van der Waals surface area contributed by atoms with E-state index >= 15 is 0 Å². The summed E-state index contributed by atoms with van der Waals surface area (Å²) in [4.78, 5) is 21.5. The molecule has 0 aliphatic carbocycles. The van der Waals surface area contributed by atoms with Crippen molar-refractivity contribution >= 4 is 11.6 Å². The fourth-order valence-corrected chi connectivity index (χ4v) is 5.11. The van der Waals surface area contributed by atoms with Crippen LogP contribution in [0.15, 0.2) is 54.7 Å². The smallest absolute Gasteiger partial charge is 0.433 e. The van der Waals surface area contributed by atoms with Crippen molar-refractivity contribution in [2.75, 3.05) is 39.9 Å². The van der Waals surface area contributed by atoms with Gasteiger partial charge in [0.2, 0.25) is 0 Å². The molecule has 1 aliphatic heterocycles. The topological polar surface area (TPSA) is 83.2 Å². The summed E-state index contributed by atoms with van der Waals surface area (Å²) in [6.07, 6.45) is -3.62. The number of aliphatic hydroxyl groups is 1. The van der Waals surface area contributed by atoms with E-state index in [2.05, 4.69) is 10.1 Å². The lowest BCUT2D eigenvalue weighted by Gasteiger charge is -2.38. The largest absolute Gasteiger partial charge is 0.497 e. The van der Waals surface area contributed by atoms with Crippen LogP contribution in [0.5, 0.6) is 5.75 Å². The average Bonchev–Trinajstić information content (AvgIpc) is 3.36. The average molecular weight is 558 g/mol. The predicted molar refractivity (Wildman–Crippen MR) is 138 cm³/mol. The second-order valence-corrected chi connectivity index (χ2v) is 9.53. The Labute approximate surface area is 227 Å². The molecular formula is C28H27F4N5O3. The van der Waals surface area contributed by atoms with Crippen molar-refractivity contribution in [3.8, 4) is 17.0 Å². The van der Waals surface area contributed by atoms with Gasteiger partial charge in [0.25, 0.3) is 5.91 Å². The summed E-state index contributed by atoms with van der Waals surface area (Å²) >= 11 is 0. The van der Waals surface area contributed by atoms with Gasteiger partial charge in [-0.05, 0) is 48.9 Å². The van der Waals surface area contributed by atoms with Crippen LogP contribution in [0, 0.1) is 12.7 Å². The van der Waals surface area contributed by atoms with Crippen molar-refractivity contribution < 1.29 is 32.2 Å². The standard InChI is InChI=1S/C28H27F4N5O3/c1-17-24(19-5-9-21(40-2)10-6-19)34-26-22(15-33-37(26)25(17)28(30,31)32)27(39)36-13-11-35(12-14-36)23(16-38)18-3-7-20(29)8-4-18/h3-10,15,23,38H,11-14,16H2,1-2H3/t23-/m0/s1. The molecule has 40 heavy (non-hydrogen) atoms. The number of nitrogens with zero attached hydrogens (tertiary/aromatic N) is 5. The number of methoxy groups -OCH3 is 1. The molecule has 0 saturated carbocycles. The molecule has 2 aromatic carbocycles. The molecule has 1 fully saturated rings. The number of aliphatic hydroxyl groups excluding tert-OH is 1. The predicted octanol–water partition coefficient (Wildman–Crippen LogP) is 4.36. The lowest BCUT2D eigenvalue weighted by Crippen LogP contribution is -2.50. The summed E-state index contributed by atoms with van der Waals surface area (Å²) in [5.41, 5.74) is -0.0606. The number of fused-ring (bicyclic) bond motifs is 1. The molecule has 1 atom stereocenters. The third kappa shape index (κ3) is 5.11. The SMILES string of the molecule is COc1ccc(-c2nc3c(C(=O)N4CCN([C@@H](CO)c5ccc(F)cc5)CC4)cnn3c(C(F)(F)F)c2C)cc1. The van der Waals surface area contributed by atoms with Gasteiger partial charge in [-0.3, -0.25) is 9.69 Å². The Balaban J connectivity index is 1.45. The number of aromatic nitrogens is 3. The Morgan fingerprint density at radius 3 is 2.27 bits per heavy atom. The first-order chi connectivity index (χ1) is 19.1. The van der Waals surface area contributed by atoms with Gasteiger partial charge in [-0.2, -0.15) is 18.3 Å². The highest BCUT2D eigenvalue weighted by Gasteiger charge is 2.39. The molecule has 0 bridgehead atoms. The maximum absolute atomic E-state index is 14.2. The third-order valence-corrected chi connectivity index (χ3v) is 7.22. The van der Waals surface area contributed by atoms with Crippen molar-refractivity contribution in [2.45, 2.75) is 19.1 Å². The van der Waals surface area contributed by atoms with Crippen LogP contribution >= 0.6 is 0 Å². The normalized spacial score (nSPS) is 15.4. The maximum atomic E-state index is 14.2. The van der Waals surface area contributed by atoms with Gasteiger partial charge in [-0.1, -0.05) is 12.1 Å². The molecule has 1 saturated heterocycles. The number of ether oxygens (including phenoxy) is 1. The zero-order valence-corrected chi connectivity index (χ0v) is 21.8. The first kappa shape index (κ1) is 27.5. The first-order valence-corrected chi connectivity index (χ1v) is 12.6. The minimum Gasteiger partial charge on any atom is -0.497 e. The Hall–Kier alpha value is -4.03. The van der Waals surface area contributed by atoms with E-state index in [4.69, 9.17) is 4.74 Å². The van der Waals surface area contributed by atoms with Crippen LogP contribution in [-0.2, 0) is 6.18 Å². The lowest BCUT2D eigenvalue weighted by molar-refractivity contribution is -0.143. The van der Waals surface area contributed by atoms with Gasteiger partial charge in [0.15, 0.2) is 11.3 Å².